The molecule has 0 spiro atoms. The van der Waals surface area contributed by atoms with Crippen molar-refractivity contribution in [1.82, 2.24) is 9.97 Å². The maximum absolute atomic E-state index is 8.64. The van der Waals surface area contributed by atoms with Crippen molar-refractivity contribution in [3.63, 3.8) is 0 Å². The molecule has 2 aromatic heterocycles. The lowest BCUT2D eigenvalue weighted by Crippen LogP contribution is -1.86. The number of alkyl halides is 1. The van der Waals surface area contributed by atoms with Crippen molar-refractivity contribution in [3.8, 4) is 0 Å². The minimum Gasteiger partial charge on any atom is -0.392 e. The second-order valence-electron chi connectivity index (χ2n) is 3.49. The Hall–Kier alpha value is -0.290. The molecule has 0 saturated carbocycles. The minimum atomic E-state index is -0.108. The first kappa shape index (κ1) is 17.8. The number of pyridine rings is 2. The number of rotatable bonds is 2. The normalized spacial score (nSPS) is 9.90. The Morgan fingerprint density at radius 2 is 1.30 bits per heavy atom. The zero-order valence-electron chi connectivity index (χ0n) is 9.96. The van der Waals surface area contributed by atoms with Crippen LogP contribution in [0.25, 0.3) is 0 Å². The van der Waals surface area contributed by atoms with E-state index < -0.39 is 0 Å². The molecule has 0 radical (unpaired) electrons. The van der Waals surface area contributed by atoms with Crippen LogP contribution in [-0.4, -0.2) is 15.1 Å². The summed E-state index contributed by atoms with van der Waals surface area (Å²) in [7, 11) is 0. The molecule has 0 aliphatic carbocycles. The molecule has 2 rings (SSSR count). The molecule has 0 aliphatic heterocycles. The van der Waals surface area contributed by atoms with E-state index in [-0.39, 0.29) is 6.61 Å². The Labute approximate surface area is 141 Å². The van der Waals surface area contributed by atoms with E-state index >= 15 is 0 Å². The van der Waals surface area contributed by atoms with E-state index in [0.717, 1.165) is 5.56 Å². The third kappa shape index (κ3) is 5.60. The van der Waals surface area contributed by atoms with Gasteiger partial charge in [-0.2, -0.15) is 0 Å². The summed E-state index contributed by atoms with van der Waals surface area (Å²) in [5.41, 5.74) is 1.39. The van der Waals surface area contributed by atoms with E-state index in [0.29, 0.717) is 31.8 Å². The molecule has 0 saturated heterocycles. The van der Waals surface area contributed by atoms with E-state index in [2.05, 4.69) is 9.97 Å². The molecule has 0 unspecified atom stereocenters. The number of aromatic nitrogens is 2. The van der Waals surface area contributed by atoms with Crippen molar-refractivity contribution in [2.75, 3.05) is 0 Å². The molecule has 0 aliphatic rings. The van der Waals surface area contributed by atoms with Gasteiger partial charge in [0.15, 0.2) is 0 Å². The molecule has 0 atom stereocenters. The van der Waals surface area contributed by atoms with Crippen LogP contribution in [0, 0.1) is 0 Å². The van der Waals surface area contributed by atoms with Crippen LogP contribution in [0.1, 0.15) is 11.1 Å². The van der Waals surface area contributed by atoms with E-state index in [9.17, 15) is 0 Å². The molecular formula is C12H9Cl5N2O. The van der Waals surface area contributed by atoms with Gasteiger partial charge < -0.3 is 5.11 Å². The molecule has 2 heterocycles. The summed E-state index contributed by atoms with van der Waals surface area (Å²) >= 11 is 27.9. The highest BCUT2D eigenvalue weighted by Gasteiger charge is 1.99. The number of aliphatic hydroxyl groups excluding tert-OH is 1. The van der Waals surface area contributed by atoms with Crippen molar-refractivity contribution in [2.45, 2.75) is 12.5 Å². The van der Waals surface area contributed by atoms with Crippen LogP contribution >= 0.6 is 58.0 Å². The second kappa shape index (κ2) is 8.88. The van der Waals surface area contributed by atoms with Gasteiger partial charge in [-0.15, -0.1) is 11.6 Å². The van der Waals surface area contributed by atoms with Gasteiger partial charge in [0.2, 0.25) is 0 Å². The fourth-order valence-electron chi connectivity index (χ4n) is 1.09. The van der Waals surface area contributed by atoms with Crippen molar-refractivity contribution in [3.05, 3.63) is 56.0 Å². The fourth-order valence-corrected chi connectivity index (χ4v) is 2.23. The van der Waals surface area contributed by atoms with Gasteiger partial charge in [0, 0.05) is 28.5 Å². The number of hydrogen-bond donors (Lipinski definition) is 1. The Morgan fingerprint density at radius 1 is 0.850 bits per heavy atom. The lowest BCUT2D eigenvalue weighted by atomic mass is 10.3. The van der Waals surface area contributed by atoms with Gasteiger partial charge in [0.1, 0.15) is 10.3 Å². The molecule has 108 valence electrons. The fraction of sp³-hybridized carbons (Fsp3) is 0.167. The topological polar surface area (TPSA) is 46.0 Å². The van der Waals surface area contributed by atoms with Gasteiger partial charge in [-0.3, -0.25) is 0 Å². The molecule has 0 amide bonds. The van der Waals surface area contributed by atoms with Crippen LogP contribution in [0.4, 0.5) is 0 Å². The molecule has 0 aromatic carbocycles. The number of halogens is 5. The monoisotopic (exact) mass is 372 g/mol. The molecule has 8 heteroatoms. The predicted octanol–water partition coefficient (Wildman–Crippen LogP) is 5.01. The molecule has 20 heavy (non-hydrogen) atoms. The Morgan fingerprint density at radius 3 is 1.65 bits per heavy atom. The first-order valence-corrected chi connectivity index (χ1v) is 7.29. The second-order valence-corrected chi connectivity index (χ2v) is 5.34. The molecule has 1 N–H and O–H groups in total. The lowest BCUT2D eigenvalue weighted by molar-refractivity contribution is 0.281. The van der Waals surface area contributed by atoms with E-state index in [1.807, 2.05) is 0 Å². The highest BCUT2D eigenvalue weighted by molar-refractivity contribution is 6.35. The van der Waals surface area contributed by atoms with Crippen molar-refractivity contribution < 1.29 is 5.11 Å². The van der Waals surface area contributed by atoms with Crippen LogP contribution in [0.15, 0.2) is 24.5 Å². The van der Waals surface area contributed by atoms with E-state index in [4.69, 9.17) is 63.1 Å². The first-order chi connectivity index (χ1) is 9.47. The summed E-state index contributed by atoms with van der Waals surface area (Å²) in [6, 6.07) is 3.06. The zero-order chi connectivity index (χ0) is 15.1. The Balaban J connectivity index is 0.000000200. The molecular weight excluding hydrogens is 365 g/mol. The Bertz CT molecular complexity index is 528. The average Bonchev–Trinajstić information content (AvgIpc) is 2.40. The summed E-state index contributed by atoms with van der Waals surface area (Å²) in [6.45, 7) is -0.108. The van der Waals surface area contributed by atoms with Crippen molar-refractivity contribution >= 4 is 58.0 Å². The zero-order valence-corrected chi connectivity index (χ0v) is 13.7. The first-order valence-electron chi connectivity index (χ1n) is 5.24. The largest absolute Gasteiger partial charge is 0.392 e. The van der Waals surface area contributed by atoms with Crippen LogP contribution in [0.2, 0.25) is 20.4 Å². The SMILES string of the molecule is ClCc1cnc(Cl)cc1Cl.OCc1cnc(Cl)cc1Cl. The molecule has 0 bridgehead atoms. The summed E-state index contributed by atoms with van der Waals surface area (Å²) in [5, 5.41) is 10.4. The number of hydrogen-bond acceptors (Lipinski definition) is 3. The van der Waals surface area contributed by atoms with Crippen LogP contribution in [0.3, 0.4) is 0 Å². The Kier molecular flexibility index (Phi) is 7.88. The van der Waals surface area contributed by atoms with Gasteiger partial charge in [-0.1, -0.05) is 46.4 Å². The van der Waals surface area contributed by atoms with Crippen molar-refractivity contribution in [1.29, 1.82) is 0 Å². The molecule has 2 aromatic rings. The minimum absolute atomic E-state index is 0.108. The van der Waals surface area contributed by atoms with E-state index in [1.54, 1.807) is 12.3 Å². The number of nitrogens with zero attached hydrogens (tertiary/aromatic N) is 2. The highest BCUT2D eigenvalue weighted by atomic mass is 35.5. The van der Waals surface area contributed by atoms with Crippen LogP contribution < -0.4 is 0 Å². The van der Waals surface area contributed by atoms with Gasteiger partial charge in [-0.25, -0.2) is 9.97 Å². The molecule has 3 nitrogen and oxygen atoms in total. The van der Waals surface area contributed by atoms with Crippen LogP contribution in [0.5, 0.6) is 0 Å². The highest BCUT2D eigenvalue weighted by Crippen LogP contribution is 2.19. The summed E-state index contributed by atoms with van der Waals surface area (Å²) in [4.78, 5) is 7.54. The standard InChI is InChI=1S/C6H4Cl3N.C6H5Cl2NO/c7-2-4-3-10-6(9)1-5(4)8;7-5-1-6(8)9-2-4(5)3-10/h1,3H,2H2;1-2,10H,3H2. The summed E-state index contributed by atoms with van der Waals surface area (Å²) in [6.07, 6.45) is 3.02. The summed E-state index contributed by atoms with van der Waals surface area (Å²) in [5.74, 6) is 0.364. The van der Waals surface area contributed by atoms with Gasteiger partial charge in [0.05, 0.1) is 17.5 Å². The third-order valence-corrected chi connectivity index (χ3v) is 3.51. The van der Waals surface area contributed by atoms with Gasteiger partial charge in [-0.05, 0) is 12.1 Å². The third-order valence-electron chi connectivity index (χ3n) is 2.11. The van der Waals surface area contributed by atoms with Gasteiger partial charge >= 0.3 is 0 Å². The smallest absolute Gasteiger partial charge is 0.130 e. The number of aliphatic hydroxyl groups is 1. The maximum atomic E-state index is 8.64. The predicted molar refractivity (Wildman–Crippen MR) is 84.0 cm³/mol. The van der Waals surface area contributed by atoms with Crippen molar-refractivity contribution in [2.24, 2.45) is 0 Å². The van der Waals surface area contributed by atoms with Gasteiger partial charge in [0.25, 0.3) is 0 Å². The average molecular weight is 374 g/mol. The van der Waals surface area contributed by atoms with Crippen LogP contribution in [-0.2, 0) is 12.5 Å². The summed E-state index contributed by atoms with van der Waals surface area (Å²) < 4.78 is 0. The lowest BCUT2D eigenvalue weighted by Gasteiger charge is -1.97. The van der Waals surface area contributed by atoms with E-state index in [1.165, 1.54) is 12.3 Å². The molecule has 0 fully saturated rings. The quantitative estimate of drug-likeness (QED) is 0.594. The maximum Gasteiger partial charge on any atom is 0.130 e.